The molecule has 0 N–H and O–H groups in total. The number of hydrogen-bond acceptors (Lipinski definition) is 2. The molecule has 4 bridgehead atoms. The van der Waals surface area contributed by atoms with Crippen LogP contribution in [0, 0.1) is 23.7 Å². The lowest BCUT2D eigenvalue weighted by molar-refractivity contribution is -0.0452. The standard InChI is InChI=1S/C48H49NO/c1-46(2)22-23-47(3,4)42-29-38(18-20-40(42)46)49(37-16-14-34(15-17-37)33-10-6-5-7-11-33)39-19-21-45-43(30-39)48(41-12-8-9-13-44(41)50-45)35-25-31-24-32(27-35)28-36(48)26-31/h5-21,29-32,35-36H,22-28H2,1-4H3/i5D,6D,7D,8D,9D,10D,11D,12D,13D,14D,15D,16D,17D,18D,19D,20D,21D,29D,30D. The van der Waals surface area contributed by atoms with Gasteiger partial charge in [-0.15, -0.1) is 0 Å². The number of hydrogen-bond donors (Lipinski definition) is 0. The molecule has 0 radical (unpaired) electrons. The highest BCUT2D eigenvalue weighted by atomic mass is 16.5. The summed E-state index contributed by atoms with van der Waals surface area (Å²) in [7, 11) is 0. The average molecular weight is 675 g/mol. The maximum absolute atomic E-state index is 10.5. The maximum Gasteiger partial charge on any atom is 0.131 e. The van der Waals surface area contributed by atoms with E-state index in [1.54, 1.807) is 0 Å². The summed E-state index contributed by atoms with van der Waals surface area (Å²) in [6.45, 7) is 7.60. The molecule has 0 aromatic heterocycles. The Morgan fingerprint density at radius 3 is 1.76 bits per heavy atom. The van der Waals surface area contributed by atoms with Gasteiger partial charge in [-0.2, -0.15) is 0 Å². The molecule has 4 fully saturated rings. The molecule has 0 saturated heterocycles. The van der Waals surface area contributed by atoms with Crippen LogP contribution in [0.15, 0.2) is 115 Å². The predicted molar refractivity (Wildman–Crippen MR) is 206 cm³/mol. The number of rotatable bonds is 4. The monoisotopic (exact) mass is 675 g/mol. The van der Waals surface area contributed by atoms with E-state index in [0.29, 0.717) is 61.5 Å². The molecule has 2 heteroatoms. The fourth-order valence-corrected chi connectivity index (χ4v) is 10.2. The van der Waals surface area contributed by atoms with Gasteiger partial charge in [0.05, 0.1) is 26.0 Å². The average Bonchev–Trinajstić information content (AvgIpc) is 3.29. The first-order valence-corrected chi connectivity index (χ1v) is 17.7. The summed E-state index contributed by atoms with van der Waals surface area (Å²) in [6.07, 6.45) is 4.65. The minimum absolute atomic E-state index is 0.0458. The zero-order chi connectivity index (χ0) is 50.4. The first-order valence-electron chi connectivity index (χ1n) is 27.2. The van der Waals surface area contributed by atoms with Crippen LogP contribution < -0.4 is 9.64 Å². The Labute approximate surface area is 325 Å². The van der Waals surface area contributed by atoms with Gasteiger partial charge in [0.15, 0.2) is 0 Å². The van der Waals surface area contributed by atoms with E-state index in [1.165, 1.54) is 0 Å². The van der Waals surface area contributed by atoms with Crippen molar-refractivity contribution in [1.29, 1.82) is 0 Å². The Hall–Kier alpha value is -4.30. The number of benzene rings is 5. The van der Waals surface area contributed by atoms with Crippen molar-refractivity contribution in [2.24, 2.45) is 23.7 Å². The highest BCUT2D eigenvalue weighted by molar-refractivity contribution is 5.81. The largest absolute Gasteiger partial charge is 0.457 e. The first-order chi connectivity index (χ1) is 32.1. The van der Waals surface area contributed by atoms with Gasteiger partial charge in [0, 0.05) is 33.6 Å². The van der Waals surface area contributed by atoms with E-state index in [0.717, 1.165) is 11.3 Å². The second-order valence-corrected chi connectivity index (χ2v) is 16.2. The fraction of sp³-hybridized carbons (Fsp3) is 0.375. The maximum atomic E-state index is 10.5. The van der Waals surface area contributed by atoms with E-state index in [2.05, 4.69) is 0 Å². The Morgan fingerprint density at radius 1 is 0.520 bits per heavy atom. The van der Waals surface area contributed by atoms with Gasteiger partial charge in [0.25, 0.3) is 0 Å². The molecule has 2 nitrogen and oxygen atoms in total. The zero-order valence-corrected chi connectivity index (χ0v) is 28.6. The Balaban J connectivity index is 1.38. The van der Waals surface area contributed by atoms with Crippen molar-refractivity contribution in [3.63, 3.8) is 0 Å². The molecular weight excluding hydrogens is 607 g/mol. The summed E-state index contributed by atoms with van der Waals surface area (Å²) in [6, 6.07) is -12.6. The van der Waals surface area contributed by atoms with E-state index in [1.807, 2.05) is 27.7 Å². The molecule has 6 aliphatic rings. The third kappa shape index (κ3) is 4.46. The molecule has 0 amide bonds. The molecule has 0 atom stereocenters. The van der Waals surface area contributed by atoms with Gasteiger partial charge in [-0.3, -0.25) is 0 Å². The number of ether oxygens (including phenoxy) is 1. The minimum atomic E-state index is -1.39. The van der Waals surface area contributed by atoms with Crippen molar-refractivity contribution < 1.29 is 30.8 Å². The summed E-state index contributed by atoms with van der Waals surface area (Å²) < 4.78 is 183. The molecule has 5 aliphatic carbocycles. The number of anilines is 3. The van der Waals surface area contributed by atoms with Crippen LogP contribution in [-0.2, 0) is 16.2 Å². The third-order valence-corrected chi connectivity index (χ3v) is 12.4. The fourth-order valence-electron chi connectivity index (χ4n) is 10.2. The highest BCUT2D eigenvalue weighted by Gasteiger charge is 2.61. The van der Waals surface area contributed by atoms with Gasteiger partial charge in [0.1, 0.15) is 11.5 Å². The number of fused-ring (bicyclic) bond motifs is 3. The quantitative estimate of drug-likeness (QED) is 0.188. The Kier molecular flexibility index (Phi) is 3.65. The normalized spacial score (nSPS) is 32.9. The van der Waals surface area contributed by atoms with E-state index in [9.17, 15) is 15.1 Å². The second-order valence-electron chi connectivity index (χ2n) is 16.2. The first kappa shape index (κ1) is 16.8. The van der Waals surface area contributed by atoms with Crippen molar-refractivity contribution in [3.05, 3.63) is 137 Å². The highest BCUT2D eigenvalue weighted by Crippen LogP contribution is 2.69. The van der Waals surface area contributed by atoms with Gasteiger partial charge in [0.2, 0.25) is 0 Å². The zero-order valence-electron chi connectivity index (χ0n) is 47.6. The van der Waals surface area contributed by atoms with E-state index >= 15 is 0 Å². The van der Waals surface area contributed by atoms with Crippen molar-refractivity contribution >= 4 is 17.1 Å². The Bertz CT molecular complexity index is 3090. The van der Waals surface area contributed by atoms with Gasteiger partial charge >= 0.3 is 0 Å². The second kappa shape index (κ2) is 10.8. The lowest BCUT2D eigenvalue weighted by atomic mass is 9.42. The van der Waals surface area contributed by atoms with Gasteiger partial charge in [-0.25, -0.2) is 0 Å². The van der Waals surface area contributed by atoms with Crippen molar-refractivity contribution in [2.75, 3.05) is 4.90 Å². The molecule has 11 rings (SSSR count). The molecule has 0 unspecified atom stereocenters. The molecule has 1 spiro atoms. The van der Waals surface area contributed by atoms with Crippen molar-refractivity contribution in [3.8, 4) is 22.6 Å². The van der Waals surface area contributed by atoms with Crippen LogP contribution in [0.3, 0.4) is 0 Å². The van der Waals surface area contributed by atoms with E-state index in [4.69, 9.17) is 15.7 Å². The van der Waals surface area contributed by atoms with Crippen LogP contribution in [0.25, 0.3) is 11.1 Å². The molecule has 1 aliphatic heterocycles. The van der Waals surface area contributed by atoms with Crippen LogP contribution >= 0.6 is 0 Å². The lowest BCUT2D eigenvalue weighted by Gasteiger charge is -2.63. The SMILES string of the molecule is [2H]c1c([2H])c([2H])c(-c2c([2H])c([2H])c(N(c3c([2H])c([2H])c4c(c3[2H])C(C)(C)CCC4(C)C)c3c([2H])c([2H])c4c(c3[2H])C3(c5c([2H])c([2H])c([2H])c([2H])c5O4)C4CC5CC(C4)CC3C5)c([2H])c2[2H])c([2H])c1[2H]. The van der Waals surface area contributed by atoms with E-state index < -0.39 is 141 Å². The molecule has 5 aromatic carbocycles. The van der Waals surface area contributed by atoms with Crippen LogP contribution in [0.1, 0.15) is 121 Å². The Morgan fingerprint density at radius 2 is 1.06 bits per heavy atom. The number of para-hydroxylation sites is 1. The summed E-state index contributed by atoms with van der Waals surface area (Å²) in [5.41, 5.74) is -4.91. The van der Waals surface area contributed by atoms with Gasteiger partial charge in [-0.1, -0.05) is 94.2 Å². The predicted octanol–water partition coefficient (Wildman–Crippen LogP) is 13.0. The van der Waals surface area contributed by atoms with Gasteiger partial charge < -0.3 is 9.64 Å². The summed E-state index contributed by atoms with van der Waals surface area (Å²) in [4.78, 5) is 0.926. The van der Waals surface area contributed by atoms with Gasteiger partial charge in [-0.05, 0) is 150 Å². The summed E-state index contributed by atoms with van der Waals surface area (Å²) in [5, 5.41) is 0. The molecule has 1 heterocycles. The minimum Gasteiger partial charge on any atom is -0.457 e. The van der Waals surface area contributed by atoms with Crippen LogP contribution in [0.4, 0.5) is 17.1 Å². The molecule has 50 heavy (non-hydrogen) atoms. The smallest absolute Gasteiger partial charge is 0.131 e. The van der Waals surface area contributed by atoms with Crippen LogP contribution in [0.2, 0.25) is 0 Å². The number of nitrogens with zero attached hydrogens (tertiary/aromatic N) is 1. The van der Waals surface area contributed by atoms with Crippen LogP contribution in [0.5, 0.6) is 11.5 Å². The molecule has 4 saturated carbocycles. The van der Waals surface area contributed by atoms with Crippen molar-refractivity contribution in [2.45, 2.75) is 88.9 Å². The summed E-state index contributed by atoms with van der Waals surface area (Å²) >= 11 is 0. The molecular formula is C48H49NO. The summed E-state index contributed by atoms with van der Waals surface area (Å²) in [5.74, 6) is -0.535. The lowest BCUT2D eigenvalue weighted by Crippen LogP contribution is -2.57. The topological polar surface area (TPSA) is 12.5 Å². The molecule has 5 aromatic rings. The van der Waals surface area contributed by atoms with Crippen LogP contribution in [-0.4, -0.2) is 0 Å². The van der Waals surface area contributed by atoms with E-state index in [-0.39, 0.29) is 52.6 Å². The third-order valence-electron chi connectivity index (χ3n) is 12.4. The molecule has 252 valence electrons. The van der Waals surface area contributed by atoms with Crippen molar-refractivity contribution in [1.82, 2.24) is 0 Å².